The summed E-state index contributed by atoms with van der Waals surface area (Å²) in [6.07, 6.45) is 5.74. The Kier molecular flexibility index (Phi) is 5.39. The SMILES string of the molecule is C[C@H](CCC(=O)O)[C@H]1CC[C@H]2[C@@H]3C(=O)CC4CC(O)CC[C@]4(C)[C@H]3CC(O)[C@]12C. The Hall–Kier alpha value is -0.940. The fraction of sp³-hybridized carbons (Fsp3) is 0.917. The predicted octanol–water partition coefficient (Wildman–Crippen LogP) is 3.66. The number of hydrogen-bond donors (Lipinski definition) is 3. The molecular formula is C24H38O5. The monoisotopic (exact) mass is 406 g/mol. The van der Waals surface area contributed by atoms with Gasteiger partial charge in [0.2, 0.25) is 0 Å². The fourth-order valence-electron chi connectivity index (χ4n) is 8.40. The van der Waals surface area contributed by atoms with Crippen molar-refractivity contribution in [1.29, 1.82) is 0 Å². The first-order valence-corrected chi connectivity index (χ1v) is 11.7. The van der Waals surface area contributed by atoms with Crippen LogP contribution in [0.2, 0.25) is 0 Å². The number of rotatable bonds is 4. The Bertz CT molecular complexity index is 676. The van der Waals surface area contributed by atoms with Crippen LogP contribution >= 0.6 is 0 Å². The lowest BCUT2D eigenvalue weighted by atomic mass is 9.43. The molecule has 0 bridgehead atoms. The maximum atomic E-state index is 13.4. The Balaban J connectivity index is 1.62. The summed E-state index contributed by atoms with van der Waals surface area (Å²) in [5, 5.41) is 30.7. The lowest BCUT2D eigenvalue weighted by Crippen LogP contribution is -2.61. The maximum Gasteiger partial charge on any atom is 0.303 e. The summed E-state index contributed by atoms with van der Waals surface area (Å²) < 4.78 is 0. The van der Waals surface area contributed by atoms with Gasteiger partial charge in [-0.2, -0.15) is 0 Å². The van der Waals surface area contributed by atoms with Crippen LogP contribution < -0.4 is 0 Å². The molecule has 4 rings (SSSR count). The van der Waals surface area contributed by atoms with Crippen molar-refractivity contribution in [3.05, 3.63) is 0 Å². The molecule has 4 saturated carbocycles. The normalized spacial score (nSPS) is 50.4. The summed E-state index contributed by atoms with van der Waals surface area (Å²) in [6, 6.07) is 0. The molecule has 4 fully saturated rings. The zero-order valence-corrected chi connectivity index (χ0v) is 18.1. The molecule has 5 heteroatoms. The smallest absolute Gasteiger partial charge is 0.303 e. The molecule has 5 nitrogen and oxygen atoms in total. The van der Waals surface area contributed by atoms with Gasteiger partial charge in [-0.1, -0.05) is 20.8 Å². The van der Waals surface area contributed by atoms with Crippen molar-refractivity contribution in [1.82, 2.24) is 0 Å². The summed E-state index contributed by atoms with van der Waals surface area (Å²) in [7, 11) is 0. The third-order valence-electron chi connectivity index (χ3n) is 10.1. The van der Waals surface area contributed by atoms with Gasteiger partial charge in [-0.15, -0.1) is 0 Å². The summed E-state index contributed by atoms with van der Waals surface area (Å²) >= 11 is 0. The Morgan fingerprint density at radius 1 is 1.14 bits per heavy atom. The number of aliphatic hydroxyl groups excluding tert-OH is 2. The van der Waals surface area contributed by atoms with E-state index < -0.39 is 12.1 Å². The highest BCUT2D eigenvalue weighted by Crippen LogP contribution is 2.67. The molecule has 0 amide bonds. The summed E-state index contributed by atoms with van der Waals surface area (Å²) in [5.74, 6) is 0.775. The van der Waals surface area contributed by atoms with Crippen molar-refractivity contribution in [2.24, 2.45) is 46.3 Å². The molecular weight excluding hydrogens is 368 g/mol. The topological polar surface area (TPSA) is 94.8 Å². The van der Waals surface area contributed by atoms with Crippen LogP contribution in [0.5, 0.6) is 0 Å². The van der Waals surface area contributed by atoms with Gasteiger partial charge in [0.05, 0.1) is 12.2 Å². The zero-order chi connectivity index (χ0) is 21.1. The van der Waals surface area contributed by atoms with E-state index in [-0.39, 0.29) is 58.9 Å². The third kappa shape index (κ3) is 3.18. The Morgan fingerprint density at radius 3 is 2.55 bits per heavy atom. The van der Waals surface area contributed by atoms with Crippen LogP contribution in [0.4, 0.5) is 0 Å². The molecule has 0 saturated heterocycles. The number of fused-ring (bicyclic) bond motifs is 5. The number of carboxylic acid groups (broad SMARTS) is 1. The van der Waals surface area contributed by atoms with E-state index in [2.05, 4.69) is 20.8 Å². The van der Waals surface area contributed by atoms with E-state index in [0.717, 1.165) is 32.1 Å². The molecule has 0 aliphatic heterocycles. The summed E-state index contributed by atoms with van der Waals surface area (Å²) in [5.41, 5.74) is -0.265. The minimum atomic E-state index is -0.762. The van der Waals surface area contributed by atoms with Crippen LogP contribution in [0, 0.1) is 46.3 Å². The lowest BCUT2D eigenvalue weighted by Gasteiger charge is -2.61. The van der Waals surface area contributed by atoms with Gasteiger partial charge >= 0.3 is 5.97 Å². The molecule has 164 valence electrons. The molecule has 4 aliphatic rings. The number of Topliss-reactive ketones (excluding diaryl/α,β-unsaturated/α-hetero) is 1. The number of aliphatic carboxylic acids is 1. The van der Waals surface area contributed by atoms with Gasteiger partial charge in [-0.25, -0.2) is 0 Å². The van der Waals surface area contributed by atoms with Crippen LogP contribution in [0.25, 0.3) is 0 Å². The lowest BCUT2D eigenvalue weighted by molar-refractivity contribution is -0.182. The molecule has 0 aromatic heterocycles. The average Bonchev–Trinajstić information content (AvgIpc) is 3.01. The minimum Gasteiger partial charge on any atom is -0.481 e. The van der Waals surface area contributed by atoms with E-state index in [9.17, 15) is 19.8 Å². The Labute approximate surface area is 174 Å². The van der Waals surface area contributed by atoms with Crippen molar-refractivity contribution >= 4 is 11.8 Å². The second-order valence-corrected chi connectivity index (χ2v) is 11.3. The number of carbonyl (C=O) groups is 2. The van der Waals surface area contributed by atoms with Crippen LogP contribution in [-0.4, -0.2) is 39.3 Å². The number of aliphatic hydroxyl groups is 2. The molecule has 0 spiro atoms. The van der Waals surface area contributed by atoms with Crippen molar-refractivity contribution in [3.63, 3.8) is 0 Å². The molecule has 0 heterocycles. The molecule has 10 atom stereocenters. The predicted molar refractivity (Wildman–Crippen MR) is 109 cm³/mol. The van der Waals surface area contributed by atoms with E-state index in [1.165, 1.54) is 0 Å². The Morgan fingerprint density at radius 2 is 1.86 bits per heavy atom. The van der Waals surface area contributed by atoms with Crippen LogP contribution in [0.3, 0.4) is 0 Å². The summed E-state index contributed by atoms with van der Waals surface area (Å²) in [4.78, 5) is 24.4. The highest BCUT2D eigenvalue weighted by atomic mass is 16.4. The first kappa shape index (κ1) is 21.3. The van der Waals surface area contributed by atoms with Crippen molar-refractivity contribution < 1.29 is 24.9 Å². The number of hydrogen-bond acceptors (Lipinski definition) is 4. The van der Waals surface area contributed by atoms with E-state index in [0.29, 0.717) is 25.0 Å². The quantitative estimate of drug-likeness (QED) is 0.662. The second-order valence-electron chi connectivity index (χ2n) is 11.3. The van der Waals surface area contributed by atoms with Crippen LogP contribution in [-0.2, 0) is 9.59 Å². The van der Waals surface area contributed by atoms with Crippen molar-refractivity contribution in [3.8, 4) is 0 Å². The standard InChI is InChI=1S/C24H38O5/c1-13(4-7-21(28)29)16-5-6-17-22-18(12-20(27)24(16,17)3)23(2)9-8-15(25)10-14(23)11-19(22)26/h13-18,20,22,25,27H,4-12H2,1-3H3,(H,28,29)/t13-,14?,15?,16-,17+,18+,20?,22+,23+,24-/m1/s1. The van der Waals surface area contributed by atoms with Gasteiger partial charge in [0, 0.05) is 24.2 Å². The highest BCUT2D eigenvalue weighted by molar-refractivity contribution is 5.83. The van der Waals surface area contributed by atoms with E-state index in [1.807, 2.05) is 0 Å². The number of ketones is 1. The van der Waals surface area contributed by atoms with Gasteiger partial charge in [0.25, 0.3) is 0 Å². The zero-order valence-electron chi connectivity index (χ0n) is 18.1. The second kappa shape index (κ2) is 7.33. The van der Waals surface area contributed by atoms with Gasteiger partial charge in [-0.05, 0) is 80.0 Å². The molecule has 0 radical (unpaired) electrons. The largest absolute Gasteiger partial charge is 0.481 e. The van der Waals surface area contributed by atoms with Crippen LogP contribution in [0.15, 0.2) is 0 Å². The number of carboxylic acids is 1. The molecule has 29 heavy (non-hydrogen) atoms. The molecule has 3 N–H and O–H groups in total. The van der Waals surface area contributed by atoms with Crippen molar-refractivity contribution in [2.45, 2.75) is 90.8 Å². The number of carbonyl (C=O) groups excluding carboxylic acids is 1. The molecule has 0 aromatic rings. The van der Waals surface area contributed by atoms with E-state index in [4.69, 9.17) is 5.11 Å². The van der Waals surface area contributed by atoms with Gasteiger partial charge < -0.3 is 15.3 Å². The van der Waals surface area contributed by atoms with Crippen LogP contribution in [0.1, 0.15) is 78.6 Å². The van der Waals surface area contributed by atoms with Gasteiger partial charge in [0.1, 0.15) is 5.78 Å². The molecule has 3 unspecified atom stereocenters. The minimum absolute atomic E-state index is 0.0246. The fourth-order valence-corrected chi connectivity index (χ4v) is 8.40. The first-order chi connectivity index (χ1) is 13.6. The first-order valence-electron chi connectivity index (χ1n) is 11.7. The average molecular weight is 407 g/mol. The van der Waals surface area contributed by atoms with Crippen molar-refractivity contribution in [2.75, 3.05) is 0 Å². The van der Waals surface area contributed by atoms with E-state index >= 15 is 0 Å². The van der Waals surface area contributed by atoms with Gasteiger partial charge in [-0.3, -0.25) is 9.59 Å². The van der Waals surface area contributed by atoms with Gasteiger partial charge in [0.15, 0.2) is 0 Å². The van der Waals surface area contributed by atoms with E-state index in [1.54, 1.807) is 0 Å². The maximum absolute atomic E-state index is 13.4. The third-order valence-corrected chi connectivity index (χ3v) is 10.1. The highest BCUT2D eigenvalue weighted by Gasteiger charge is 2.65. The molecule has 0 aromatic carbocycles. The summed E-state index contributed by atoms with van der Waals surface area (Å²) in [6.45, 7) is 6.62. The molecule has 4 aliphatic carbocycles.